The highest BCUT2D eigenvalue weighted by molar-refractivity contribution is 7.93. The molecule has 10 nitrogen and oxygen atoms in total. The van der Waals surface area contributed by atoms with Crippen LogP contribution in [0.5, 0.6) is 5.75 Å². The molecule has 0 bridgehead atoms. The van der Waals surface area contributed by atoms with Crippen molar-refractivity contribution in [3.63, 3.8) is 0 Å². The lowest BCUT2D eigenvalue weighted by Gasteiger charge is -2.31. The van der Waals surface area contributed by atoms with Crippen molar-refractivity contribution >= 4 is 51.1 Å². The van der Waals surface area contributed by atoms with Gasteiger partial charge in [0.05, 0.1) is 23.9 Å². The Kier molecular flexibility index (Phi) is 10.4. The van der Waals surface area contributed by atoms with Gasteiger partial charge in [-0.15, -0.1) is 0 Å². The van der Waals surface area contributed by atoms with E-state index in [2.05, 4.69) is 0 Å². The Labute approximate surface area is 233 Å². The lowest BCUT2D eigenvalue weighted by Crippen LogP contribution is -2.40. The Morgan fingerprint density at radius 3 is 2.54 bits per heavy atom. The maximum Gasteiger partial charge on any atom is 0.323 e. The highest BCUT2D eigenvalue weighted by Crippen LogP contribution is 2.32. The Morgan fingerprint density at radius 1 is 1.21 bits per heavy atom. The Balaban J connectivity index is 1.82. The zero-order chi connectivity index (χ0) is 28.6. The molecule has 12 heteroatoms. The van der Waals surface area contributed by atoms with E-state index in [1.54, 1.807) is 60.4 Å². The van der Waals surface area contributed by atoms with E-state index in [9.17, 15) is 18.0 Å². The second-order valence-electron chi connectivity index (χ2n) is 8.97. The summed E-state index contributed by atoms with van der Waals surface area (Å²) < 4.78 is 38.5. The summed E-state index contributed by atoms with van der Waals surface area (Å²) in [6.07, 6.45) is 4.52. The number of esters is 1. The van der Waals surface area contributed by atoms with E-state index in [0.29, 0.717) is 37.2 Å². The molecule has 0 aliphatic carbocycles. The Bertz CT molecular complexity index is 1340. The summed E-state index contributed by atoms with van der Waals surface area (Å²) in [5, 5.41) is 7.82. The first-order chi connectivity index (χ1) is 18.5. The van der Waals surface area contributed by atoms with Crippen LogP contribution in [-0.2, 0) is 24.3 Å². The number of nitrogens with two attached hydrogens (primary N) is 1. The molecule has 0 atom stereocenters. The molecule has 1 fully saturated rings. The molecule has 1 aliphatic heterocycles. The molecule has 0 spiro atoms. The van der Waals surface area contributed by atoms with Crippen LogP contribution in [0.1, 0.15) is 37.8 Å². The van der Waals surface area contributed by atoms with Gasteiger partial charge in [0, 0.05) is 38.4 Å². The molecule has 2 aromatic carbocycles. The molecule has 0 saturated carbocycles. The maximum atomic E-state index is 13.2. The van der Waals surface area contributed by atoms with E-state index in [4.69, 9.17) is 32.2 Å². The van der Waals surface area contributed by atoms with E-state index >= 15 is 0 Å². The number of likely N-dealkylation sites (tertiary alicyclic amines) is 1. The number of hydrogen-bond acceptors (Lipinski definition) is 7. The standard InChI is InChI=1S/C27H33ClN4O6S/c1-3-37-26(34)18-39(35,36)32(13-5-7-20-6-4-8-21(16-20)27(29)30)22-9-10-25(24(28)17-22)38-23-11-14-31(15-12-23)19(2)33/h4-10,16-17,23H,3,11-15,18H2,1-2H3,(H3,29,30)/b7-5+. The second kappa shape index (κ2) is 13.5. The predicted molar refractivity (Wildman–Crippen MR) is 152 cm³/mol. The summed E-state index contributed by atoms with van der Waals surface area (Å²) >= 11 is 6.50. The van der Waals surface area contributed by atoms with Crippen LogP contribution in [0.15, 0.2) is 48.5 Å². The van der Waals surface area contributed by atoms with E-state index < -0.39 is 21.7 Å². The summed E-state index contributed by atoms with van der Waals surface area (Å²) in [6, 6.07) is 11.6. The van der Waals surface area contributed by atoms with Crippen LogP contribution >= 0.6 is 11.6 Å². The molecule has 0 aromatic heterocycles. The molecular weight excluding hydrogens is 544 g/mol. The minimum absolute atomic E-state index is 0.0283. The zero-order valence-corrected chi connectivity index (χ0v) is 23.5. The van der Waals surface area contributed by atoms with Crippen LogP contribution in [0, 0.1) is 5.41 Å². The average Bonchev–Trinajstić information content (AvgIpc) is 2.88. The molecule has 210 valence electrons. The van der Waals surface area contributed by atoms with Crippen molar-refractivity contribution in [2.24, 2.45) is 5.73 Å². The molecule has 1 saturated heterocycles. The number of carbonyl (C=O) groups excluding carboxylic acids is 2. The molecule has 1 aliphatic rings. The smallest absolute Gasteiger partial charge is 0.323 e. The molecule has 39 heavy (non-hydrogen) atoms. The number of nitrogen functional groups attached to an aromatic ring is 1. The van der Waals surface area contributed by atoms with E-state index in [1.165, 1.54) is 13.0 Å². The van der Waals surface area contributed by atoms with Crippen molar-refractivity contribution in [2.75, 3.05) is 36.3 Å². The van der Waals surface area contributed by atoms with Crippen molar-refractivity contribution in [3.8, 4) is 5.75 Å². The lowest BCUT2D eigenvalue weighted by atomic mass is 10.1. The average molecular weight is 577 g/mol. The second-order valence-corrected chi connectivity index (χ2v) is 11.3. The van der Waals surface area contributed by atoms with E-state index in [1.807, 2.05) is 0 Å². The number of ether oxygens (including phenoxy) is 2. The van der Waals surface area contributed by atoms with Gasteiger partial charge in [0.2, 0.25) is 15.9 Å². The summed E-state index contributed by atoms with van der Waals surface area (Å²) in [5.74, 6) is -1.34. The van der Waals surface area contributed by atoms with Gasteiger partial charge in [-0.05, 0) is 36.8 Å². The van der Waals surface area contributed by atoms with Gasteiger partial charge in [0.25, 0.3) is 0 Å². The minimum Gasteiger partial charge on any atom is -0.489 e. The SMILES string of the molecule is CCOC(=O)CS(=O)(=O)N(C/C=C/c1cccc(C(=N)N)c1)c1ccc(OC2CCN(C(C)=O)CC2)c(Cl)c1. The molecule has 1 heterocycles. The number of anilines is 1. The summed E-state index contributed by atoms with van der Waals surface area (Å²) in [7, 11) is -4.13. The van der Waals surface area contributed by atoms with Gasteiger partial charge in [-0.1, -0.05) is 42.0 Å². The lowest BCUT2D eigenvalue weighted by molar-refractivity contribution is -0.140. The third kappa shape index (κ3) is 8.46. The number of rotatable bonds is 11. The monoisotopic (exact) mass is 576 g/mol. The summed E-state index contributed by atoms with van der Waals surface area (Å²) in [6.45, 7) is 4.30. The molecule has 0 unspecified atom stereocenters. The van der Waals surface area contributed by atoms with E-state index in [-0.39, 0.29) is 41.7 Å². The van der Waals surface area contributed by atoms with Gasteiger partial charge < -0.3 is 20.1 Å². The van der Waals surface area contributed by atoms with Crippen LogP contribution in [0.2, 0.25) is 5.02 Å². The fourth-order valence-corrected chi connectivity index (χ4v) is 5.62. The fourth-order valence-electron chi connectivity index (χ4n) is 4.11. The molecule has 1 amide bonds. The van der Waals surface area contributed by atoms with Gasteiger partial charge in [0.1, 0.15) is 17.7 Å². The third-order valence-corrected chi connectivity index (χ3v) is 8.03. The quantitative estimate of drug-likeness (QED) is 0.237. The van der Waals surface area contributed by atoms with Crippen LogP contribution < -0.4 is 14.8 Å². The van der Waals surface area contributed by atoms with Gasteiger partial charge >= 0.3 is 5.97 Å². The molecule has 0 radical (unpaired) electrons. The minimum atomic E-state index is -4.13. The topological polar surface area (TPSA) is 143 Å². The largest absolute Gasteiger partial charge is 0.489 e. The predicted octanol–water partition coefficient (Wildman–Crippen LogP) is 3.43. The number of benzene rings is 2. The van der Waals surface area contributed by atoms with Crippen molar-refractivity contribution in [1.29, 1.82) is 5.41 Å². The van der Waals surface area contributed by atoms with Crippen molar-refractivity contribution in [3.05, 3.63) is 64.7 Å². The summed E-state index contributed by atoms with van der Waals surface area (Å²) in [5.41, 5.74) is 7.08. The van der Waals surface area contributed by atoms with Gasteiger partial charge in [-0.25, -0.2) is 8.42 Å². The highest BCUT2D eigenvalue weighted by atomic mass is 35.5. The first kappa shape index (κ1) is 30.0. The van der Waals surface area contributed by atoms with Gasteiger partial charge in [-0.2, -0.15) is 0 Å². The first-order valence-corrected chi connectivity index (χ1v) is 14.5. The van der Waals surface area contributed by atoms with Crippen molar-refractivity contribution in [2.45, 2.75) is 32.8 Å². The highest BCUT2D eigenvalue weighted by Gasteiger charge is 2.27. The Hall–Kier alpha value is -3.57. The van der Waals surface area contributed by atoms with Crippen molar-refractivity contribution in [1.82, 2.24) is 4.90 Å². The number of nitrogens with one attached hydrogen (secondary N) is 1. The van der Waals surface area contributed by atoms with Crippen LogP contribution in [0.25, 0.3) is 6.08 Å². The van der Waals surface area contributed by atoms with Crippen molar-refractivity contribution < 1.29 is 27.5 Å². The molecular formula is C27H33ClN4O6S. The Morgan fingerprint density at radius 2 is 1.92 bits per heavy atom. The molecule has 3 N–H and O–H groups in total. The molecule has 3 rings (SSSR count). The first-order valence-electron chi connectivity index (χ1n) is 12.5. The van der Waals surface area contributed by atoms with Crippen LogP contribution in [0.4, 0.5) is 5.69 Å². The van der Waals surface area contributed by atoms with Gasteiger partial charge in [0.15, 0.2) is 5.75 Å². The van der Waals surface area contributed by atoms with Crippen LogP contribution in [-0.4, -0.2) is 69.1 Å². The van der Waals surface area contributed by atoms with E-state index in [0.717, 1.165) is 9.87 Å². The number of nitrogens with zero attached hydrogens (tertiary/aromatic N) is 2. The zero-order valence-electron chi connectivity index (χ0n) is 21.9. The number of carbonyl (C=O) groups is 2. The fraction of sp³-hybridized carbons (Fsp3) is 0.370. The number of piperidine rings is 1. The normalized spacial score (nSPS) is 14.3. The number of halogens is 1. The summed E-state index contributed by atoms with van der Waals surface area (Å²) in [4.78, 5) is 25.4. The third-order valence-electron chi connectivity index (χ3n) is 6.10. The number of hydrogen-bond donors (Lipinski definition) is 2. The number of sulfonamides is 1. The van der Waals surface area contributed by atoms with Gasteiger partial charge in [-0.3, -0.25) is 19.3 Å². The van der Waals surface area contributed by atoms with Crippen LogP contribution in [0.3, 0.4) is 0 Å². The number of amidine groups is 1. The maximum absolute atomic E-state index is 13.2. The molecule has 2 aromatic rings. The number of amides is 1.